The van der Waals surface area contributed by atoms with Crippen LogP contribution in [-0.4, -0.2) is 81.6 Å². The molecule has 1 fully saturated rings. The number of carbonyl (C=O) groups excluding carboxylic acids is 1. The van der Waals surface area contributed by atoms with Gasteiger partial charge in [-0.3, -0.25) is 13.9 Å². The summed E-state index contributed by atoms with van der Waals surface area (Å²) in [5, 5.41) is 27.3. The average molecular weight is 969 g/mol. The largest absolute Gasteiger partial charge is 0.388 e. The van der Waals surface area contributed by atoms with Gasteiger partial charge < -0.3 is 30.3 Å². The maximum absolute atomic E-state index is 15.2. The van der Waals surface area contributed by atoms with Crippen molar-refractivity contribution < 1.29 is 50.8 Å². The van der Waals surface area contributed by atoms with Crippen molar-refractivity contribution in [2.45, 2.75) is 78.0 Å². The van der Waals surface area contributed by atoms with Gasteiger partial charge in [-0.1, -0.05) is 31.7 Å². The van der Waals surface area contributed by atoms with Crippen LogP contribution in [0.2, 0.25) is 0 Å². The molecule has 366 valence electrons. The predicted octanol–water partition coefficient (Wildman–Crippen LogP) is 9.93. The Balaban J connectivity index is 0.000000204. The number of benzene rings is 4. The summed E-state index contributed by atoms with van der Waals surface area (Å²) in [6.45, 7) is 10.4. The van der Waals surface area contributed by atoms with Crippen LogP contribution in [0.25, 0.3) is 33.4 Å². The first kappa shape index (κ1) is 50.7. The number of halogens is 6. The number of para-hydroxylation sites is 2. The van der Waals surface area contributed by atoms with Crippen molar-refractivity contribution in [1.29, 1.82) is 0 Å². The van der Waals surface area contributed by atoms with Gasteiger partial charge in [-0.2, -0.15) is 9.97 Å². The number of carbonyl (C=O) groups is 1. The zero-order chi connectivity index (χ0) is 49.6. The summed E-state index contributed by atoms with van der Waals surface area (Å²) in [5.41, 5.74) is -1.98. The van der Waals surface area contributed by atoms with E-state index in [1.54, 1.807) is 47.6 Å². The number of aromatic nitrogens is 6. The summed E-state index contributed by atoms with van der Waals surface area (Å²) < 4.78 is 102. The van der Waals surface area contributed by atoms with E-state index in [-0.39, 0.29) is 66.5 Å². The fourth-order valence-corrected chi connectivity index (χ4v) is 7.42. The van der Waals surface area contributed by atoms with E-state index in [9.17, 15) is 32.6 Å². The van der Waals surface area contributed by atoms with Crippen molar-refractivity contribution >= 4 is 39.7 Å². The van der Waals surface area contributed by atoms with E-state index in [1.165, 1.54) is 71.6 Å². The lowest BCUT2D eigenvalue weighted by atomic mass is 10.0. The van der Waals surface area contributed by atoms with Crippen LogP contribution in [0.5, 0.6) is 0 Å². The van der Waals surface area contributed by atoms with E-state index < -0.39 is 75.4 Å². The number of aliphatic hydroxyl groups is 2. The highest BCUT2D eigenvalue weighted by Crippen LogP contribution is 2.43. The average Bonchev–Trinajstić information content (AvgIpc) is 4.03. The SMILES string of the molecule is C.C[C@H](Nc1ncc2cc(C(=O)c3ccc(F)cc3)n(-c3c(F)cccc3F)c2n1)C(C)(C)O.C[C@H](Nc1ncc2cc(C3(c4ccc(F)cc4)OCCO3)n(-c3c(F)cccc3F)c2n1)C(C)(C)O. The Hall–Kier alpha value is -7.19. The molecule has 0 amide bonds. The van der Waals surface area contributed by atoms with E-state index >= 15 is 8.78 Å². The van der Waals surface area contributed by atoms with Gasteiger partial charge in [0.2, 0.25) is 23.5 Å². The number of nitrogens with zero attached hydrogens (tertiary/aromatic N) is 6. The van der Waals surface area contributed by atoms with Crippen molar-refractivity contribution in [3.05, 3.63) is 167 Å². The van der Waals surface area contributed by atoms with Crippen LogP contribution >= 0.6 is 0 Å². The third-order valence-corrected chi connectivity index (χ3v) is 11.8. The van der Waals surface area contributed by atoms with Gasteiger partial charge in [0.25, 0.3) is 0 Å². The molecule has 8 aromatic rings. The van der Waals surface area contributed by atoms with E-state index in [1.807, 2.05) is 0 Å². The molecule has 1 saturated heterocycles. The minimum Gasteiger partial charge on any atom is -0.388 e. The Morgan fingerprint density at radius 2 is 1.06 bits per heavy atom. The molecule has 0 aliphatic carbocycles. The molecule has 70 heavy (non-hydrogen) atoms. The third kappa shape index (κ3) is 9.96. The summed E-state index contributed by atoms with van der Waals surface area (Å²) in [5.74, 6) is -6.27. The van der Waals surface area contributed by atoms with Crippen LogP contribution in [0.1, 0.15) is 76.3 Å². The lowest BCUT2D eigenvalue weighted by molar-refractivity contribution is -0.133. The van der Waals surface area contributed by atoms with Crippen LogP contribution in [0.3, 0.4) is 0 Å². The highest BCUT2D eigenvalue weighted by molar-refractivity contribution is 6.10. The van der Waals surface area contributed by atoms with Gasteiger partial charge in [-0.15, -0.1) is 0 Å². The van der Waals surface area contributed by atoms with Crippen LogP contribution in [-0.2, 0) is 15.3 Å². The monoisotopic (exact) mass is 968 g/mol. The highest BCUT2D eigenvalue weighted by Gasteiger charge is 2.45. The Morgan fingerprint density at radius 3 is 1.51 bits per heavy atom. The minimum atomic E-state index is -1.57. The number of ether oxygens (including phenoxy) is 2. The van der Waals surface area contributed by atoms with Crippen molar-refractivity contribution in [3.8, 4) is 11.4 Å². The summed E-state index contributed by atoms with van der Waals surface area (Å²) >= 11 is 0. The van der Waals surface area contributed by atoms with Crippen molar-refractivity contribution in [3.63, 3.8) is 0 Å². The van der Waals surface area contributed by atoms with Gasteiger partial charge in [0, 0.05) is 34.3 Å². The van der Waals surface area contributed by atoms with E-state index in [2.05, 4.69) is 30.6 Å². The van der Waals surface area contributed by atoms with Gasteiger partial charge in [-0.05, 0) is 114 Å². The van der Waals surface area contributed by atoms with Gasteiger partial charge in [0.15, 0.2) is 11.3 Å². The van der Waals surface area contributed by atoms with Gasteiger partial charge in [-0.25, -0.2) is 36.3 Å². The fraction of sp³-hybridized carbons (Fsp3) is 0.275. The fourth-order valence-electron chi connectivity index (χ4n) is 7.42. The molecule has 4 aromatic carbocycles. The second-order valence-corrected chi connectivity index (χ2v) is 17.5. The minimum absolute atomic E-state index is 0. The van der Waals surface area contributed by atoms with Crippen molar-refractivity contribution in [1.82, 2.24) is 29.1 Å². The lowest BCUT2D eigenvalue weighted by Crippen LogP contribution is -2.39. The Bertz CT molecular complexity index is 3140. The molecule has 0 spiro atoms. The molecule has 0 radical (unpaired) electrons. The van der Waals surface area contributed by atoms with Gasteiger partial charge in [0.05, 0.1) is 47.9 Å². The second-order valence-electron chi connectivity index (χ2n) is 17.5. The van der Waals surface area contributed by atoms with Gasteiger partial charge in [0.1, 0.15) is 46.3 Å². The van der Waals surface area contributed by atoms with Crippen LogP contribution in [0.4, 0.5) is 38.2 Å². The smallest absolute Gasteiger partial charge is 0.238 e. The van der Waals surface area contributed by atoms with Crippen LogP contribution in [0.15, 0.2) is 109 Å². The van der Waals surface area contributed by atoms with Gasteiger partial charge >= 0.3 is 0 Å². The van der Waals surface area contributed by atoms with E-state index in [0.717, 1.165) is 41.0 Å². The molecule has 1 aliphatic heterocycles. The number of hydrogen-bond acceptors (Lipinski definition) is 11. The molecule has 5 heterocycles. The van der Waals surface area contributed by atoms with Crippen LogP contribution in [0, 0.1) is 34.9 Å². The van der Waals surface area contributed by atoms with Crippen molar-refractivity contribution in [2.24, 2.45) is 0 Å². The summed E-state index contributed by atoms with van der Waals surface area (Å²) in [6.07, 6.45) is 2.92. The Kier molecular flexibility index (Phi) is 14.2. The molecular weight excluding hydrogens is 919 g/mol. The first-order valence-corrected chi connectivity index (χ1v) is 21.6. The highest BCUT2D eigenvalue weighted by atomic mass is 19.2. The van der Waals surface area contributed by atoms with E-state index in [4.69, 9.17) is 9.47 Å². The molecule has 0 unspecified atom stereocenters. The molecule has 19 heteroatoms. The molecule has 1 aliphatic rings. The number of hydrogen-bond donors (Lipinski definition) is 4. The standard InChI is InChI=1S/C26H25F3N4O3.C24H21F3N4O2.CH4/c1-15(25(2,3)34)31-24-30-14-16-13-21(26(35-11-12-36-26)17-7-9-18(27)10-8-17)33(23(16)32-24)22-19(28)5-4-6-20(22)29;1-13(24(2,3)33)29-23-28-12-15-11-19(21(32)14-7-9-16(25)10-8-14)31(22(15)30-23)20-17(26)5-4-6-18(20)27;/h4-10,13-15,34H,11-12H2,1-3H3,(H,30,31,32);4-13,33H,1-3H3,(H,28,29,30);1H4/t15-;13-;/m00./s1. The molecule has 4 aromatic heterocycles. The molecule has 0 bridgehead atoms. The molecule has 13 nitrogen and oxygen atoms in total. The summed E-state index contributed by atoms with van der Waals surface area (Å²) in [6, 6.07) is 19.5. The third-order valence-electron chi connectivity index (χ3n) is 11.8. The molecular formula is C51H50F6N8O5. The second kappa shape index (κ2) is 19.7. The number of rotatable bonds is 12. The first-order chi connectivity index (χ1) is 32.7. The maximum atomic E-state index is 15.2. The zero-order valence-electron chi connectivity index (χ0n) is 38.0. The molecule has 0 saturated carbocycles. The lowest BCUT2D eigenvalue weighted by Gasteiger charge is -2.29. The van der Waals surface area contributed by atoms with E-state index in [0.29, 0.717) is 16.3 Å². The Labute approximate surface area is 398 Å². The van der Waals surface area contributed by atoms with Crippen molar-refractivity contribution in [2.75, 3.05) is 23.8 Å². The number of anilines is 2. The summed E-state index contributed by atoms with van der Waals surface area (Å²) in [7, 11) is 0. The number of fused-ring (bicyclic) bond motifs is 2. The number of nitrogens with one attached hydrogen (secondary N) is 2. The molecule has 4 N–H and O–H groups in total. The first-order valence-electron chi connectivity index (χ1n) is 21.6. The zero-order valence-corrected chi connectivity index (χ0v) is 38.0. The quantitative estimate of drug-likeness (QED) is 0.0682. The summed E-state index contributed by atoms with van der Waals surface area (Å²) in [4.78, 5) is 30.7. The number of ketones is 1. The van der Waals surface area contributed by atoms with Crippen LogP contribution < -0.4 is 10.6 Å². The topological polar surface area (TPSA) is 161 Å². The molecule has 2 atom stereocenters. The Morgan fingerprint density at radius 1 is 0.643 bits per heavy atom. The molecule has 9 rings (SSSR count). The predicted molar refractivity (Wildman–Crippen MR) is 252 cm³/mol. The normalized spacial score (nSPS) is 14.4. The maximum Gasteiger partial charge on any atom is 0.238 e.